The van der Waals surface area contributed by atoms with E-state index in [1.807, 2.05) is 0 Å². The summed E-state index contributed by atoms with van der Waals surface area (Å²) in [5, 5.41) is 3.79. The summed E-state index contributed by atoms with van der Waals surface area (Å²) >= 11 is 0. The van der Waals surface area contributed by atoms with Crippen LogP contribution in [0, 0.1) is 5.92 Å². The first kappa shape index (κ1) is 13.1. The molecule has 7 heteroatoms. The van der Waals surface area contributed by atoms with Gasteiger partial charge in [-0.1, -0.05) is 0 Å². The van der Waals surface area contributed by atoms with E-state index in [4.69, 9.17) is 4.74 Å². The molecule has 1 fully saturated rings. The van der Waals surface area contributed by atoms with Gasteiger partial charge in [0.1, 0.15) is 0 Å². The van der Waals surface area contributed by atoms with E-state index in [9.17, 15) is 18.0 Å². The average molecular weight is 262 g/mol. The van der Waals surface area contributed by atoms with Crippen molar-refractivity contribution in [2.45, 2.75) is 25.6 Å². The molecule has 1 aliphatic heterocycles. The first-order valence-electron chi connectivity index (χ1n) is 5.68. The van der Waals surface area contributed by atoms with Gasteiger partial charge in [-0.2, -0.15) is 18.3 Å². The molecule has 1 aromatic heterocycles. The monoisotopic (exact) mass is 262 g/mol. The zero-order valence-corrected chi connectivity index (χ0v) is 9.61. The number of halogens is 3. The Morgan fingerprint density at radius 3 is 2.94 bits per heavy atom. The average Bonchev–Trinajstić information content (AvgIpc) is 2.76. The first-order chi connectivity index (χ1) is 8.47. The minimum atomic E-state index is -4.85. The Kier molecular flexibility index (Phi) is 3.70. The standard InChI is InChI=1S/C11H13F3N2O2/c12-11(13,14)10(17)9-4-15-16(6-9)5-8-2-1-3-18-7-8/h4,6,8H,1-3,5,7H2. The van der Waals surface area contributed by atoms with Gasteiger partial charge in [0.25, 0.3) is 5.78 Å². The summed E-state index contributed by atoms with van der Waals surface area (Å²) in [5.41, 5.74) is -0.417. The van der Waals surface area contributed by atoms with E-state index in [1.165, 1.54) is 4.68 Å². The van der Waals surface area contributed by atoms with Gasteiger partial charge in [-0.25, -0.2) is 0 Å². The lowest BCUT2D eigenvalue weighted by Crippen LogP contribution is -2.23. The number of carbonyl (C=O) groups is 1. The molecule has 4 nitrogen and oxygen atoms in total. The Balaban J connectivity index is 1.99. The summed E-state index contributed by atoms with van der Waals surface area (Å²) in [7, 11) is 0. The van der Waals surface area contributed by atoms with Crippen LogP contribution in [0.3, 0.4) is 0 Å². The van der Waals surface area contributed by atoms with Gasteiger partial charge in [0.15, 0.2) is 0 Å². The van der Waals surface area contributed by atoms with Crippen molar-refractivity contribution in [2.24, 2.45) is 5.92 Å². The molecule has 2 rings (SSSR count). The predicted octanol–water partition coefficient (Wildman–Crippen LogP) is 2.05. The van der Waals surface area contributed by atoms with Crippen LogP contribution >= 0.6 is 0 Å². The van der Waals surface area contributed by atoms with Crippen LogP contribution in [0.15, 0.2) is 12.4 Å². The lowest BCUT2D eigenvalue weighted by atomic mass is 10.0. The quantitative estimate of drug-likeness (QED) is 0.783. The number of rotatable bonds is 3. The molecule has 0 N–H and O–H groups in total. The highest BCUT2D eigenvalue weighted by Gasteiger charge is 2.40. The Labute approximate surface area is 102 Å². The molecule has 0 saturated carbocycles. The number of carbonyl (C=O) groups excluding carboxylic acids is 1. The van der Waals surface area contributed by atoms with Gasteiger partial charge in [0, 0.05) is 25.3 Å². The van der Waals surface area contributed by atoms with E-state index in [-0.39, 0.29) is 5.92 Å². The number of nitrogens with zero attached hydrogens (tertiary/aromatic N) is 2. The van der Waals surface area contributed by atoms with Crippen LogP contribution in [-0.4, -0.2) is 35.0 Å². The van der Waals surface area contributed by atoms with Gasteiger partial charge < -0.3 is 4.74 Å². The molecular formula is C11H13F3N2O2. The molecular weight excluding hydrogens is 249 g/mol. The number of alkyl halides is 3. The Morgan fingerprint density at radius 1 is 1.56 bits per heavy atom. The third kappa shape index (κ3) is 3.10. The molecule has 1 atom stereocenters. The van der Waals surface area contributed by atoms with Crippen LogP contribution in [0.5, 0.6) is 0 Å². The highest BCUT2D eigenvalue weighted by atomic mass is 19.4. The van der Waals surface area contributed by atoms with Crippen molar-refractivity contribution < 1.29 is 22.7 Å². The van der Waals surface area contributed by atoms with Crippen LogP contribution < -0.4 is 0 Å². The molecule has 1 unspecified atom stereocenters. The summed E-state index contributed by atoms with van der Waals surface area (Å²) < 4.78 is 43.2. The fourth-order valence-electron chi connectivity index (χ4n) is 1.96. The van der Waals surface area contributed by atoms with E-state index < -0.39 is 17.5 Å². The Bertz CT molecular complexity index is 422. The number of hydrogen-bond donors (Lipinski definition) is 0. The maximum atomic E-state index is 12.2. The van der Waals surface area contributed by atoms with Gasteiger partial charge in [-0.15, -0.1) is 0 Å². The van der Waals surface area contributed by atoms with E-state index in [2.05, 4.69) is 5.10 Å². The lowest BCUT2D eigenvalue weighted by Gasteiger charge is -2.21. The van der Waals surface area contributed by atoms with Crippen molar-refractivity contribution in [3.05, 3.63) is 18.0 Å². The fraction of sp³-hybridized carbons (Fsp3) is 0.636. The second-order valence-electron chi connectivity index (χ2n) is 4.36. The van der Waals surface area contributed by atoms with Crippen LogP contribution in [0.2, 0.25) is 0 Å². The molecule has 0 spiro atoms. The summed E-state index contributed by atoms with van der Waals surface area (Å²) in [6.45, 7) is 1.79. The van der Waals surface area contributed by atoms with Crippen molar-refractivity contribution in [1.82, 2.24) is 9.78 Å². The molecule has 0 aromatic carbocycles. The molecule has 18 heavy (non-hydrogen) atoms. The van der Waals surface area contributed by atoms with Crippen LogP contribution in [0.25, 0.3) is 0 Å². The van der Waals surface area contributed by atoms with E-state index >= 15 is 0 Å². The van der Waals surface area contributed by atoms with Crippen LogP contribution in [0.1, 0.15) is 23.2 Å². The second-order valence-corrected chi connectivity index (χ2v) is 4.36. The highest BCUT2D eigenvalue weighted by Crippen LogP contribution is 2.21. The Hall–Kier alpha value is -1.37. The lowest BCUT2D eigenvalue weighted by molar-refractivity contribution is -0.0885. The molecule has 0 aliphatic carbocycles. The Morgan fingerprint density at radius 2 is 2.33 bits per heavy atom. The van der Waals surface area contributed by atoms with Gasteiger partial charge in [0.2, 0.25) is 0 Å². The first-order valence-corrected chi connectivity index (χ1v) is 5.68. The van der Waals surface area contributed by atoms with Crippen molar-refractivity contribution in [3.63, 3.8) is 0 Å². The van der Waals surface area contributed by atoms with Gasteiger partial charge in [-0.3, -0.25) is 9.48 Å². The van der Waals surface area contributed by atoms with E-state index in [0.717, 1.165) is 31.8 Å². The molecule has 2 heterocycles. The van der Waals surface area contributed by atoms with E-state index in [0.29, 0.717) is 13.2 Å². The van der Waals surface area contributed by atoms with E-state index in [1.54, 1.807) is 0 Å². The number of aromatic nitrogens is 2. The minimum absolute atomic E-state index is 0.243. The highest BCUT2D eigenvalue weighted by molar-refractivity contribution is 5.99. The van der Waals surface area contributed by atoms with Gasteiger partial charge in [-0.05, 0) is 12.8 Å². The van der Waals surface area contributed by atoms with Crippen molar-refractivity contribution in [1.29, 1.82) is 0 Å². The predicted molar refractivity (Wildman–Crippen MR) is 56.2 cm³/mol. The van der Waals surface area contributed by atoms with Crippen molar-refractivity contribution >= 4 is 5.78 Å². The zero-order valence-electron chi connectivity index (χ0n) is 9.61. The number of ether oxygens (including phenoxy) is 1. The number of ketones is 1. The van der Waals surface area contributed by atoms with Crippen LogP contribution in [0.4, 0.5) is 13.2 Å². The van der Waals surface area contributed by atoms with Gasteiger partial charge >= 0.3 is 6.18 Å². The fourth-order valence-corrected chi connectivity index (χ4v) is 1.96. The normalized spacial score (nSPS) is 20.9. The maximum absolute atomic E-state index is 12.2. The van der Waals surface area contributed by atoms with Gasteiger partial charge in [0.05, 0.1) is 18.4 Å². The largest absolute Gasteiger partial charge is 0.454 e. The maximum Gasteiger partial charge on any atom is 0.454 e. The molecule has 100 valence electrons. The third-order valence-electron chi connectivity index (χ3n) is 2.85. The SMILES string of the molecule is O=C(c1cnn(CC2CCCOC2)c1)C(F)(F)F. The molecule has 1 aromatic rings. The van der Waals surface area contributed by atoms with Crippen molar-refractivity contribution in [3.8, 4) is 0 Å². The third-order valence-corrected chi connectivity index (χ3v) is 2.85. The molecule has 1 aliphatic rings. The number of Topliss-reactive ketones (excluding diaryl/α,β-unsaturated/α-hetero) is 1. The smallest absolute Gasteiger partial charge is 0.381 e. The minimum Gasteiger partial charge on any atom is -0.381 e. The second kappa shape index (κ2) is 5.09. The molecule has 0 amide bonds. The van der Waals surface area contributed by atoms with Crippen molar-refractivity contribution in [2.75, 3.05) is 13.2 Å². The van der Waals surface area contributed by atoms with Crippen LogP contribution in [-0.2, 0) is 11.3 Å². The molecule has 1 saturated heterocycles. The summed E-state index contributed by atoms with van der Waals surface area (Å²) in [5.74, 6) is -1.61. The summed E-state index contributed by atoms with van der Waals surface area (Å²) in [6, 6.07) is 0. The topological polar surface area (TPSA) is 44.1 Å². The molecule has 0 bridgehead atoms. The zero-order chi connectivity index (χ0) is 13.2. The molecule has 0 radical (unpaired) electrons. The number of hydrogen-bond acceptors (Lipinski definition) is 3. The summed E-state index contributed by atoms with van der Waals surface area (Å²) in [6.07, 6.45) is -0.839. The summed E-state index contributed by atoms with van der Waals surface area (Å²) in [4.78, 5) is 11.0.